The highest BCUT2D eigenvalue weighted by molar-refractivity contribution is 5.59. The van der Waals surface area contributed by atoms with Gasteiger partial charge in [-0.3, -0.25) is 0 Å². The molecule has 2 unspecified atom stereocenters. The molecule has 4 nitrogen and oxygen atoms in total. The van der Waals surface area contributed by atoms with Crippen LogP contribution in [0.3, 0.4) is 0 Å². The second kappa shape index (κ2) is 10.4. The third kappa shape index (κ3) is 5.20. The van der Waals surface area contributed by atoms with Crippen molar-refractivity contribution in [2.24, 2.45) is 0 Å². The van der Waals surface area contributed by atoms with Crippen LogP contribution in [-0.2, 0) is 0 Å². The molecule has 2 aromatic rings. The lowest BCUT2D eigenvalue weighted by molar-refractivity contribution is 0.128. The van der Waals surface area contributed by atoms with Crippen LogP contribution in [0.2, 0.25) is 0 Å². The van der Waals surface area contributed by atoms with Crippen LogP contribution in [0.4, 0.5) is 5.69 Å². The van der Waals surface area contributed by atoms with Crippen LogP contribution in [-0.4, -0.2) is 37.5 Å². The van der Waals surface area contributed by atoms with Gasteiger partial charge < -0.3 is 19.5 Å². The van der Waals surface area contributed by atoms with Crippen LogP contribution in [0, 0.1) is 0 Å². The van der Waals surface area contributed by atoms with Gasteiger partial charge in [0.1, 0.15) is 24.7 Å². The molecule has 2 atom stereocenters. The van der Waals surface area contributed by atoms with Crippen molar-refractivity contribution >= 4 is 5.69 Å². The Bertz CT molecular complexity index is 716. The van der Waals surface area contributed by atoms with Crippen LogP contribution >= 0.6 is 0 Å². The van der Waals surface area contributed by atoms with Crippen LogP contribution < -0.4 is 14.4 Å². The summed E-state index contributed by atoms with van der Waals surface area (Å²) in [6.07, 6.45) is 3.68. The number of fused-ring (bicyclic) bond motifs is 1. The Morgan fingerprint density at radius 3 is 2.54 bits per heavy atom. The Morgan fingerprint density at radius 2 is 1.79 bits per heavy atom. The molecule has 4 heteroatoms. The lowest BCUT2D eigenvalue weighted by atomic mass is 9.87. The van der Waals surface area contributed by atoms with Crippen molar-refractivity contribution in [3.05, 3.63) is 54.1 Å². The smallest absolute Gasteiger partial charge is 0.142 e. The normalized spacial score (nSPS) is 15.5. The van der Waals surface area contributed by atoms with Crippen molar-refractivity contribution in [3.63, 3.8) is 0 Å². The average Bonchev–Trinajstić information content (AvgIpc) is 2.73. The molecule has 0 spiro atoms. The minimum atomic E-state index is -0.266. The summed E-state index contributed by atoms with van der Waals surface area (Å²) in [6.45, 7) is 7.35. The molecule has 1 aliphatic rings. The van der Waals surface area contributed by atoms with E-state index in [0.717, 1.165) is 56.0 Å². The third-order valence-electron chi connectivity index (χ3n) is 5.41. The van der Waals surface area contributed by atoms with Crippen LogP contribution in [0.15, 0.2) is 48.5 Å². The first-order valence-corrected chi connectivity index (χ1v) is 10.6. The molecule has 0 amide bonds. The molecule has 0 aliphatic carbocycles. The standard InChI is InChI=1S/C24H33NO3/c1-3-7-21(23(26)8-4-2)19-11-13-20(14-12-19)27-17-15-25-16-18-28-24-10-6-5-9-22(24)25/h5-6,9-14,21,23,26H,3-4,7-8,15-18H2,1-2H3. The van der Waals surface area contributed by atoms with Gasteiger partial charge in [-0.25, -0.2) is 0 Å². The minimum Gasteiger partial charge on any atom is -0.492 e. The molecule has 0 aromatic heterocycles. The van der Waals surface area contributed by atoms with Crippen LogP contribution in [0.5, 0.6) is 11.5 Å². The second-order valence-electron chi connectivity index (χ2n) is 7.47. The first kappa shape index (κ1) is 20.5. The lowest BCUT2D eigenvalue weighted by Crippen LogP contribution is -2.35. The van der Waals surface area contributed by atoms with E-state index < -0.39 is 0 Å². The topological polar surface area (TPSA) is 41.9 Å². The number of rotatable bonds is 10. The third-order valence-corrected chi connectivity index (χ3v) is 5.41. The predicted octanol–water partition coefficient (Wildman–Crippen LogP) is 5.01. The van der Waals surface area contributed by atoms with Gasteiger partial charge in [0.15, 0.2) is 0 Å². The van der Waals surface area contributed by atoms with Crippen molar-refractivity contribution in [2.75, 3.05) is 31.2 Å². The zero-order chi connectivity index (χ0) is 19.8. The first-order chi connectivity index (χ1) is 13.7. The van der Waals surface area contributed by atoms with E-state index in [2.05, 4.69) is 36.9 Å². The van der Waals surface area contributed by atoms with Crippen LogP contribution in [0.25, 0.3) is 0 Å². The maximum Gasteiger partial charge on any atom is 0.142 e. The number of aliphatic hydroxyl groups excluding tert-OH is 1. The van der Waals surface area contributed by atoms with E-state index in [1.165, 1.54) is 5.56 Å². The van der Waals surface area contributed by atoms with Crippen molar-refractivity contribution in [3.8, 4) is 11.5 Å². The number of nitrogens with zero attached hydrogens (tertiary/aromatic N) is 1. The van der Waals surface area contributed by atoms with E-state index in [9.17, 15) is 5.11 Å². The van der Waals surface area contributed by atoms with E-state index in [-0.39, 0.29) is 12.0 Å². The molecule has 0 saturated heterocycles. The number of para-hydroxylation sites is 2. The molecule has 28 heavy (non-hydrogen) atoms. The molecule has 1 aliphatic heterocycles. The number of ether oxygens (including phenoxy) is 2. The molecule has 0 saturated carbocycles. The molecule has 0 bridgehead atoms. The van der Waals surface area contributed by atoms with E-state index in [0.29, 0.717) is 13.2 Å². The van der Waals surface area contributed by atoms with Gasteiger partial charge in [-0.15, -0.1) is 0 Å². The molecule has 0 fully saturated rings. The van der Waals surface area contributed by atoms with Gasteiger partial charge in [-0.2, -0.15) is 0 Å². The summed E-state index contributed by atoms with van der Waals surface area (Å²) in [5.74, 6) is 2.04. The fourth-order valence-corrected chi connectivity index (χ4v) is 3.93. The SMILES string of the molecule is CCCC(O)C(CCC)c1ccc(OCCN2CCOc3ccccc32)cc1. The van der Waals surface area contributed by atoms with Gasteiger partial charge in [-0.1, -0.05) is 51.0 Å². The molecule has 0 radical (unpaired) electrons. The van der Waals surface area contributed by atoms with Crippen molar-refractivity contribution in [1.82, 2.24) is 0 Å². The molecular weight excluding hydrogens is 350 g/mol. The predicted molar refractivity (Wildman–Crippen MR) is 115 cm³/mol. The van der Waals surface area contributed by atoms with Crippen LogP contribution in [0.1, 0.15) is 51.0 Å². The fraction of sp³-hybridized carbons (Fsp3) is 0.500. The summed E-state index contributed by atoms with van der Waals surface area (Å²) in [4.78, 5) is 2.31. The van der Waals surface area contributed by atoms with Gasteiger partial charge in [-0.05, 0) is 42.7 Å². The Labute approximate surface area is 169 Å². The monoisotopic (exact) mass is 383 g/mol. The highest BCUT2D eigenvalue weighted by atomic mass is 16.5. The van der Waals surface area contributed by atoms with Gasteiger partial charge in [0, 0.05) is 5.92 Å². The van der Waals surface area contributed by atoms with Crippen molar-refractivity contribution in [2.45, 2.75) is 51.6 Å². The molecule has 3 rings (SSSR count). The number of anilines is 1. The number of hydrogen-bond donors (Lipinski definition) is 1. The first-order valence-electron chi connectivity index (χ1n) is 10.6. The summed E-state index contributed by atoms with van der Waals surface area (Å²) in [5, 5.41) is 10.5. The van der Waals surface area contributed by atoms with Gasteiger partial charge in [0.25, 0.3) is 0 Å². The number of benzene rings is 2. The Hall–Kier alpha value is -2.20. The Kier molecular flexibility index (Phi) is 7.61. The highest BCUT2D eigenvalue weighted by Crippen LogP contribution is 2.31. The van der Waals surface area contributed by atoms with E-state index in [4.69, 9.17) is 9.47 Å². The summed E-state index contributed by atoms with van der Waals surface area (Å²) in [6, 6.07) is 16.4. The van der Waals surface area contributed by atoms with Crippen molar-refractivity contribution < 1.29 is 14.6 Å². The number of aliphatic hydroxyl groups is 1. The zero-order valence-electron chi connectivity index (χ0n) is 17.1. The second-order valence-corrected chi connectivity index (χ2v) is 7.47. The van der Waals surface area contributed by atoms with E-state index >= 15 is 0 Å². The molecule has 1 heterocycles. The maximum absolute atomic E-state index is 10.5. The summed E-state index contributed by atoms with van der Waals surface area (Å²) in [7, 11) is 0. The highest BCUT2D eigenvalue weighted by Gasteiger charge is 2.20. The summed E-state index contributed by atoms with van der Waals surface area (Å²) in [5.41, 5.74) is 2.34. The van der Waals surface area contributed by atoms with Crippen molar-refractivity contribution in [1.29, 1.82) is 0 Å². The van der Waals surface area contributed by atoms with Gasteiger partial charge >= 0.3 is 0 Å². The quantitative estimate of drug-likeness (QED) is 0.626. The van der Waals surface area contributed by atoms with Gasteiger partial charge in [0.2, 0.25) is 0 Å². The zero-order valence-corrected chi connectivity index (χ0v) is 17.1. The molecule has 152 valence electrons. The Balaban J connectivity index is 1.55. The largest absolute Gasteiger partial charge is 0.492 e. The number of hydrogen-bond acceptors (Lipinski definition) is 4. The van der Waals surface area contributed by atoms with E-state index in [1.807, 2.05) is 30.3 Å². The molecular formula is C24H33NO3. The molecule has 2 aromatic carbocycles. The summed E-state index contributed by atoms with van der Waals surface area (Å²) < 4.78 is 11.7. The Morgan fingerprint density at radius 1 is 1.04 bits per heavy atom. The average molecular weight is 384 g/mol. The summed E-state index contributed by atoms with van der Waals surface area (Å²) >= 11 is 0. The maximum atomic E-state index is 10.5. The fourth-order valence-electron chi connectivity index (χ4n) is 3.93. The van der Waals surface area contributed by atoms with E-state index in [1.54, 1.807) is 0 Å². The lowest BCUT2D eigenvalue weighted by Gasteiger charge is -2.31. The van der Waals surface area contributed by atoms with Gasteiger partial charge in [0.05, 0.1) is 24.9 Å². The molecule has 1 N–H and O–H groups in total. The minimum absolute atomic E-state index is 0.212.